The quantitative estimate of drug-likeness (QED) is 0.862. The van der Waals surface area contributed by atoms with E-state index in [0.29, 0.717) is 17.2 Å². The van der Waals surface area contributed by atoms with Crippen LogP contribution < -0.4 is 5.73 Å². The molecule has 0 spiro atoms. The lowest BCUT2D eigenvalue weighted by Crippen LogP contribution is -2.35. The predicted molar refractivity (Wildman–Crippen MR) is 80.8 cm³/mol. The molecule has 0 aromatic heterocycles. The summed E-state index contributed by atoms with van der Waals surface area (Å²) in [5, 5.41) is 0. The number of amides is 1. The number of benzene rings is 1. The summed E-state index contributed by atoms with van der Waals surface area (Å²) >= 11 is 0. The van der Waals surface area contributed by atoms with E-state index in [-0.39, 0.29) is 5.91 Å². The zero-order valence-electron chi connectivity index (χ0n) is 12.6. The first kappa shape index (κ1) is 14.9. The van der Waals surface area contributed by atoms with Gasteiger partial charge in [-0.2, -0.15) is 0 Å². The van der Waals surface area contributed by atoms with Crippen LogP contribution in [0.2, 0.25) is 0 Å². The highest BCUT2D eigenvalue weighted by atomic mass is 16.5. The number of hydrogen-bond donors (Lipinski definition) is 1. The third-order valence-electron chi connectivity index (χ3n) is 3.98. The zero-order chi connectivity index (χ0) is 14.7. The Balaban J connectivity index is 2.08. The normalized spacial score (nSPS) is 18.9. The van der Waals surface area contributed by atoms with Gasteiger partial charge in [-0.05, 0) is 49.8 Å². The fourth-order valence-electron chi connectivity index (χ4n) is 2.73. The Morgan fingerprint density at radius 1 is 1.40 bits per heavy atom. The van der Waals surface area contributed by atoms with Gasteiger partial charge in [0.2, 0.25) is 0 Å². The van der Waals surface area contributed by atoms with Gasteiger partial charge >= 0.3 is 0 Å². The lowest BCUT2D eigenvalue weighted by Gasteiger charge is -2.27. The van der Waals surface area contributed by atoms with Crippen molar-refractivity contribution < 1.29 is 9.53 Å². The lowest BCUT2D eigenvalue weighted by molar-refractivity contribution is 0.0388. The van der Waals surface area contributed by atoms with Gasteiger partial charge in [-0.15, -0.1) is 0 Å². The Labute approximate surface area is 120 Å². The van der Waals surface area contributed by atoms with Crippen LogP contribution in [0.25, 0.3) is 0 Å². The first-order chi connectivity index (χ1) is 9.49. The van der Waals surface area contributed by atoms with Gasteiger partial charge in [0.05, 0.1) is 6.61 Å². The minimum Gasteiger partial charge on any atom is -0.398 e. The minimum absolute atomic E-state index is 0.0415. The van der Waals surface area contributed by atoms with E-state index < -0.39 is 0 Å². The molecule has 0 aliphatic carbocycles. The number of nitrogen functional groups attached to an aromatic ring is 1. The second-order valence-electron chi connectivity index (χ2n) is 5.79. The fraction of sp³-hybridized carbons (Fsp3) is 0.562. The minimum atomic E-state index is 0.0415. The summed E-state index contributed by atoms with van der Waals surface area (Å²) < 4.78 is 5.47. The Hall–Kier alpha value is -1.55. The van der Waals surface area contributed by atoms with Crippen molar-refractivity contribution in [2.45, 2.75) is 26.7 Å². The molecule has 1 atom stereocenters. The van der Waals surface area contributed by atoms with E-state index >= 15 is 0 Å². The molecule has 1 aliphatic heterocycles. The second kappa shape index (κ2) is 6.27. The third kappa shape index (κ3) is 3.31. The summed E-state index contributed by atoms with van der Waals surface area (Å²) in [6, 6.07) is 3.76. The van der Waals surface area contributed by atoms with Crippen LogP contribution in [0.1, 0.15) is 34.3 Å². The summed E-state index contributed by atoms with van der Waals surface area (Å²) in [7, 11) is 1.85. The Morgan fingerprint density at radius 2 is 2.15 bits per heavy atom. The second-order valence-corrected chi connectivity index (χ2v) is 5.79. The molecule has 0 saturated carbocycles. The summed E-state index contributed by atoms with van der Waals surface area (Å²) in [5.74, 6) is 0.487. The van der Waals surface area contributed by atoms with Crippen LogP contribution in [-0.4, -0.2) is 37.6 Å². The Morgan fingerprint density at radius 3 is 2.80 bits per heavy atom. The van der Waals surface area contributed by atoms with Gasteiger partial charge in [-0.3, -0.25) is 4.79 Å². The Bertz CT molecular complexity index is 493. The maximum absolute atomic E-state index is 12.5. The van der Waals surface area contributed by atoms with Crippen LogP contribution in [0, 0.1) is 19.8 Å². The maximum atomic E-state index is 12.5. The highest BCUT2D eigenvalue weighted by Crippen LogP contribution is 2.20. The third-order valence-corrected chi connectivity index (χ3v) is 3.98. The van der Waals surface area contributed by atoms with Crippen LogP contribution in [0.15, 0.2) is 12.1 Å². The van der Waals surface area contributed by atoms with Gasteiger partial charge in [-0.1, -0.05) is 6.07 Å². The van der Waals surface area contributed by atoms with E-state index in [4.69, 9.17) is 10.5 Å². The number of nitrogens with two attached hydrogens (primary N) is 1. The Kier molecular flexibility index (Phi) is 4.65. The monoisotopic (exact) mass is 276 g/mol. The smallest absolute Gasteiger partial charge is 0.253 e. The first-order valence-electron chi connectivity index (χ1n) is 7.19. The molecular weight excluding hydrogens is 252 g/mol. The molecular formula is C16H24N2O2. The number of ether oxygens (including phenoxy) is 1. The maximum Gasteiger partial charge on any atom is 0.253 e. The highest BCUT2D eigenvalue weighted by Gasteiger charge is 2.21. The van der Waals surface area contributed by atoms with E-state index in [1.807, 2.05) is 27.0 Å². The van der Waals surface area contributed by atoms with Crippen molar-refractivity contribution in [2.24, 2.45) is 5.92 Å². The van der Waals surface area contributed by atoms with Gasteiger partial charge < -0.3 is 15.4 Å². The molecule has 20 heavy (non-hydrogen) atoms. The standard InChI is InChI=1S/C16H24N2O2/c1-11-7-12(2)15(17)8-14(11)16(19)18(3)9-13-5-4-6-20-10-13/h7-8,13H,4-6,9-10,17H2,1-3H3. The molecule has 0 radical (unpaired) electrons. The average Bonchev–Trinajstić information content (AvgIpc) is 2.43. The summed E-state index contributed by atoms with van der Waals surface area (Å²) in [6.07, 6.45) is 2.22. The number of aryl methyl sites for hydroxylation is 2. The molecule has 0 bridgehead atoms. The van der Waals surface area contributed by atoms with Crippen LogP contribution in [0.4, 0.5) is 5.69 Å². The van der Waals surface area contributed by atoms with Crippen molar-refractivity contribution in [3.05, 3.63) is 28.8 Å². The van der Waals surface area contributed by atoms with Crippen LogP contribution >= 0.6 is 0 Å². The van der Waals surface area contributed by atoms with E-state index in [1.54, 1.807) is 11.0 Å². The van der Waals surface area contributed by atoms with Crippen molar-refractivity contribution in [1.82, 2.24) is 4.90 Å². The predicted octanol–water partition coefficient (Wildman–Crippen LogP) is 2.38. The SMILES string of the molecule is Cc1cc(C)c(C(=O)N(C)CC2CCCOC2)cc1N. The fourth-order valence-corrected chi connectivity index (χ4v) is 2.73. The van der Waals surface area contributed by atoms with Crippen molar-refractivity contribution in [2.75, 3.05) is 32.5 Å². The summed E-state index contributed by atoms with van der Waals surface area (Å²) in [6.45, 7) is 6.26. The van der Waals surface area contributed by atoms with Crippen molar-refractivity contribution in [3.8, 4) is 0 Å². The van der Waals surface area contributed by atoms with E-state index in [9.17, 15) is 4.79 Å². The topological polar surface area (TPSA) is 55.6 Å². The van der Waals surface area contributed by atoms with Crippen molar-refractivity contribution in [1.29, 1.82) is 0 Å². The molecule has 1 unspecified atom stereocenters. The van der Waals surface area contributed by atoms with E-state index in [1.165, 1.54) is 0 Å². The molecule has 2 N–H and O–H groups in total. The zero-order valence-corrected chi connectivity index (χ0v) is 12.6. The largest absolute Gasteiger partial charge is 0.398 e. The molecule has 2 rings (SSSR count). The number of nitrogens with zero attached hydrogens (tertiary/aromatic N) is 1. The number of carbonyl (C=O) groups is 1. The van der Waals surface area contributed by atoms with Crippen LogP contribution in [-0.2, 0) is 4.74 Å². The lowest BCUT2D eigenvalue weighted by atomic mass is 10.00. The van der Waals surface area contributed by atoms with Gasteiger partial charge in [0.25, 0.3) is 5.91 Å². The van der Waals surface area contributed by atoms with Crippen molar-refractivity contribution >= 4 is 11.6 Å². The van der Waals surface area contributed by atoms with Gasteiger partial charge in [0.1, 0.15) is 0 Å². The molecule has 1 aromatic rings. The van der Waals surface area contributed by atoms with Crippen molar-refractivity contribution in [3.63, 3.8) is 0 Å². The van der Waals surface area contributed by atoms with E-state index in [0.717, 1.165) is 43.7 Å². The number of hydrogen-bond acceptors (Lipinski definition) is 3. The molecule has 4 heteroatoms. The van der Waals surface area contributed by atoms with Gasteiger partial charge in [0, 0.05) is 31.5 Å². The van der Waals surface area contributed by atoms with Gasteiger partial charge in [-0.25, -0.2) is 0 Å². The summed E-state index contributed by atoms with van der Waals surface area (Å²) in [4.78, 5) is 14.3. The number of rotatable bonds is 3. The van der Waals surface area contributed by atoms with Gasteiger partial charge in [0.15, 0.2) is 0 Å². The average molecular weight is 276 g/mol. The van der Waals surface area contributed by atoms with Crippen LogP contribution in [0.5, 0.6) is 0 Å². The molecule has 4 nitrogen and oxygen atoms in total. The van der Waals surface area contributed by atoms with E-state index in [2.05, 4.69) is 0 Å². The molecule has 1 fully saturated rings. The first-order valence-corrected chi connectivity index (χ1v) is 7.19. The molecule has 1 heterocycles. The highest BCUT2D eigenvalue weighted by molar-refractivity contribution is 5.96. The molecule has 1 aliphatic rings. The molecule has 1 saturated heterocycles. The summed E-state index contributed by atoms with van der Waals surface area (Å²) in [5.41, 5.74) is 9.29. The molecule has 110 valence electrons. The number of carbonyl (C=O) groups excluding carboxylic acids is 1. The molecule has 1 aromatic carbocycles. The number of anilines is 1. The molecule has 1 amide bonds. The van der Waals surface area contributed by atoms with Crippen LogP contribution in [0.3, 0.4) is 0 Å².